The van der Waals surface area contributed by atoms with Gasteiger partial charge in [-0.05, 0) is 44.2 Å². The Balaban J connectivity index is 1.71. The second-order valence-corrected chi connectivity index (χ2v) is 6.51. The molecular formula is C17H23F2NO. The van der Waals surface area contributed by atoms with Crippen LogP contribution in [-0.4, -0.2) is 18.2 Å². The summed E-state index contributed by atoms with van der Waals surface area (Å²) in [4.78, 5) is 0. The molecule has 1 aliphatic carbocycles. The van der Waals surface area contributed by atoms with Crippen molar-refractivity contribution in [1.82, 2.24) is 0 Å². The van der Waals surface area contributed by atoms with Gasteiger partial charge in [0, 0.05) is 18.7 Å². The summed E-state index contributed by atoms with van der Waals surface area (Å²) in [5, 5.41) is 3.19. The van der Waals surface area contributed by atoms with Crippen LogP contribution in [0.4, 0.5) is 14.5 Å². The van der Waals surface area contributed by atoms with Crippen LogP contribution in [0.1, 0.15) is 50.5 Å². The van der Waals surface area contributed by atoms with Crippen LogP contribution < -0.4 is 5.32 Å². The fraction of sp³-hybridized carbons (Fsp3) is 0.647. The molecule has 116 valence electrons. The van der Waals surface area contributed by atoms with Crippen LogP contribution in [0, 0.1) is 18.6 Å². The molecule has 1 N–H and O–H groups in total. The highest BCUT2D eigenvalue weighted by Gasteiger charge is 2.38. The van der Waals surface area contributed by atoms with E-state index in [0.717, 1.165) is 25.7 Å². The van der Waals surface area contributed by atoms with Crippen molar-refractivity contribution in [3.8, 4) is 0 Å². The van der Waals surface area contributed by atoms with Crippen LogP contribution in [-0.2, 0) is 4.74 Å². The van der Waals surface area contributed by atoms with Crippen LogP contribution in [0.25, 0.3) is 0 Å². The molecule has 2 aliphatic rings. The van der Waals surface area contributed by atoms with Crippen LogP contribution >= 0.6 is 0 Å². The van der Waals surface area contributed by atoms with Gasteiger partial charge in [0.2, 0.25) is 0 Å². The molecule has 4 heteroatoms. The highest BCUT2D eigenvalue weighted by molar-refractivity contribution is 5.47. The second kappa shape index (κ2) is 5.91. The SMILES string of the molecule is Cc1cc(F)c(NC2CCOC3(CCCCC3)C2)cc1F. The third-order valence-corrected chi connectivity index (χ3v) is 4.87. The number of hydrogen-bond acceptors (Lipinski definition) is 2. The standard InChI is InChI=1S/C17H23F2NO/c1-12-9-15(19)16(10-14(12)18)20-13-5-8-21-17(11-13)6-3-2-4-7-17/h9-10,13,20H,2-8,11H2,1H3. The molecule has 2 fully saturated rings. The van der Waals surface area contributed by atoms with Crippen molar-refractivity contribution in [3.63, 3.8) is 0 Å². The predicted molar refractivity (Wildman–Crippen MR) is 79.5 cm³/mol. The Morgan fingerprint density at radius 2 is 1.90 bits per heavy atom. The fourth-order valence-electron chi connectivity index (χ4n) is 3.67. The first-order valence-electron chi connectivity index (χ1n) is 7.94. The zero-order chi connectivity index (χ0) is 14.9. The Hall–Kier alpha value is -1.16. The number of aryl methyl sites for hydroxylation is 1. The summed E-state index contributed by atoms with van der Waals surface area (Å²) in [6, 6.07) is 2.69. The molecule has 2 nitrogen and oxygen atoms in total. The van der Waals surface area contributed by atoms with Crippen LogP contribution in [0.15, 0.2) is 12.1 Å². The Kier molecular flexibility index (Phi) is 4.16. The summed E-state index contributed by atoms with van der Waals surface area (Å²) in [5.41, 5.74) is 0.582. The molecule has 21 heavy (non-hydrogen) atoms. The second-order valence-electron chi connectivity index (χ2n) is 6.51. The van der Waals surface area contributed by atoms with Crippen molar-refractivity contribution >= 4 is 5.69 Å². The van der Waals surface area contributed by atoms with Crippen molar-refractivity contribution in [2.24, 2.45) is 0 Å². The average molecular weight is 295 g/mol. The lowest BCUT2D eigenvalue weighted by Crippen LogP contribution is -2.45. The zero-order valence-electron chi connectivity index (χ0n) is 12.6. The molecule has 0 amide bonds. The summed E-state index contributed by atoms with van der Waals surface area (Å²) in [6.07, 6.45) is 7.62. The first kappa shape index (κ1) is 14.8. The summed E-state index contributed by atoms with van der Waals surface area (Å²) in [7, 11) is 0. The number of benzene rings is 1. The van der Waals surface area contributed by atoms with E-state index >= 15 is 0 Å². The van der Waals surface area contributed by atoms with Gasteiger partial charge in [0.05, 0.1) is 11.3 Å². The summed E-state index contributed by atoms with van der Waals surface area (Å²) < 4.78 is 33.6. The molecule has 0 bridgehead atoms. The van der Waals surface area contributed by atoms with Gasteiger partial charge in [-0.1, -0.05) is 19.3 Å². The van der Waals surface area contributed by atoms with Crippen molar-refractivity contribution in [1.29, 1.82) is 0 Å². The van der Waals surface area contributed by atoms with E-state index in [1.54, 1.807) is 6.92 Å². The molecular weight excluding hydrogens is 272 g/mol. The quantitative estimate of drug-likeness (QED) is 0.863. The number of anilines is 1. The van der Waals surface area contributed by atoms with Gasteiger partial charge in [-0.15, -0.1) is 0 Å². The molecule has 0 aromatic heterocycles. The molecule has 1 spiro atoms. The third kappa shape index (κ3) is 3.20. The van der Waals surface area contributed by atoms with E-state index in [9.17, 15) is 8.78 Å². The molecule has 1 aromatic carbocycles. The van der Waals surface area contributed by atoms with Gasteiger partial charge in [-0.3, -0.25) is 0 Å². The van der Waals surface area contributed by atoms with Crippen molar-refractivity contribution in [2.45, 2.75) is 63.5 Å². The van der Waals surface area contributed by atoms with E-state index in [1.807, 2.05) is 0 Å². The van der Waals surface area contributed by atoms with Gasteiger partial charge < -0.3 is 10.1 Å². The summed E-state index contributed by atoms with van der Waals surface area (Å²) in [5.74, 6) is -0.739. The third-order valence-electron chi connectivity index (χ3n) is 4.87. The first-order valence-corrected chi connectivity index (χ1v) is 7.94. The fourth-order valence-corrected chi connectivity index (χ4v) is 3.67. The van der Waals surface area contributed by atoms with Crippen LogP contribution in [0.5, 0.6) is 0 Å². The lowest BCUT2D eigenvalue weighted by Gasteiger charge is -2.44. The molecule has 1 saturated carbocycles. The minimum Gasteiger partial charge on any atom is -0.380 e. The van der Waals surface area contributed by atoms with E-state index in [2.05, 4.69) is 5.32 Å². The van der Waals surface area contributed by atoms with Crippen molar-refractivity contribution in [3.05, 3.63) is 29.3 Å². The minimum absolute atomic E-state index is 0.0338. The lowest BCUT2D eigenvalue weighted by atomic mass is 9.78. The number of rotatable bonds is 2. The maximum atomic E-state index is 14.0. The van der Waals surface area contributed by atoms with Crippen molar-refractivity contribution in [2.75, 3.05) is 11.9 Å². The Morgan fingerprint density at radius 3 is 2.67 bits per heavy atom. The molecule has 1 aliphatic heterocycles. The number of nitrogens with one attached hydrogen (secondary N) is 1. The van der Waals surface area contributed by atoms with Crippen LogP contribution in [0.3, 0.4) is 0 Å². The van der Waals surface area contributed by atoms with E-state index < -0.39 is 0 Å². The molecule has 1 atom stereocenters. The van der Waals surface area contributed by atoms with Gasteiger partial charge >= 0.3 is 0 Å². The smallest absolute Gasteiger partial charge is 0.146 e. The number of hydrogen-bond donors (Lipinski definition) is 1. The normalized spacial score (nSPS) is 25.0. The molecule has 1 unspecified atom stereocenters. The van der Waals surface area contributed by atoms with E-state index in [-0.39, 0.29) is 29.0 Å². The Morgan fingerprint density at radius 1 is 1.14 bits per heavy atom. The number of ether oxygens (including phenoxy) is 1. The zero-order valence-corrected chi connectivity index (χ0v) is 12.6. The monoisotopic (exact) mass is 295 g/mol. The topological polar surface area (TPSA) is 21.3 Å². The molecule has 1 aromatic rings. The van der Waals surface area contributed by atoms with Gasteiger partial charge in [-0.2, -0.15) is 0 Å². The average Bonchev–Trinajstić information content (AvgIpc) is 2.46. The summed E-state index contributed by atoms with van der Waals surface area (Å²) in [6.45, 7) is 2.28. The highest BCUT2D eigenvalue weighted by Crippen LogP contribution is 2.39. The maximum Gasteiger partial charge on any atom is 0.146 e. The van der Waals surface area contributed by atoms with Gasteiger partial charge in [0.25, 0.3) is 0 Å². The summed E-state index contributed by atoms with van der Waals surface area (Å²) >= 11 is 0. The Labute approximate surface area is 124 Å². The molecule has 1 saturated heterocycles. The van der Waals surface area contributed by atoms with Crippen molar-refractivity contribution < 1.29 is 13.5 Å². The van der Waals surface area contributed by atoms with Gasteiger partial charge in [0.1, 0.15) is 11.6 Å². The largest absolute Gasteiger partial charge is 0.380 e. The van der Waals surface area contributed by atoms with E-state index in [0.29, 0.717) is 12.2 Å². The minimum atomic E-state index is -0.377. The van der Waals surface area contributed by atoms with Gasteiger partial charge in [0.15, 0.2) is 0 Å². The number of halogens is 2. The maximum absolute atomic E-state index is 14.0. The van der Waals surface area contributed by atoms with E-state index in [1.165, 1.54) is 31.4 Å². The molecule has 1 heterocycles. The Bertz CT molecular complexity index is 506. The first-order chi connectivity index (χ1) is 10.1. The lowest BCUT2D eigenvalue weighted by molar-refractivity contribution is -0.103. The molecule has 0 radical (unpaired) electrons. The van der Waals surface area contributed by atoms with Gasteiger partial charge in [-0.25, -0.2) is 8.78 Å². The molecule has 3 rings (SSSR count). The predicted octanol–water partition coefficient (Wildman–Crippen LogP) is 4.57. The van der Waals surface area contributed by atoms with Crippen LogP contribution in [0.2, 0.25) is 0 Å². The highest BCUT2D eigenvalue weighted by atomic mass is 19.1. The van der Waals surface area contributed by atoms with E-state index in [4.69, 9.17) is 4.74 Å².